The Morgan fingerprint density at radius 2 is 1.82 bits per heavy atom. The van der Waals surface area contributed by atoms with Gasteiger partial charge in [-0.05, 0) is 18.4 Å². The van der Waals surface area contributed by atoms with E-state index in [0.29, 0.717) is 11.9 Å². The smallest absolute Gasteiger partial charge is 0.195 e. The summed E-state index contributed by atoms with van der Waals surface area (Å²) in [6.07, 6.45) is 2.24. The lowest BCUT2D eigenvalue weighted by Gasteiger charge is -2.01. The van der Waals surface area contributed by atoms with E-state index in [1.165, 1.54) is 0 Å². The van der Waals surface area contributed by atoms with Crippen molar-refractivity contribution < 1.29 is 13.2 Å². The molecular formula is C13H14F3N. The average molecular weight is 241 g/mol. The highest BCUT2D eigenvalue weighted by atomic mass is 19.2. The molecule has 4 heteroatoms. The minimum atomic E-state index is -1.39. The van der Waals surface area contributed by atoms with Gasteiger partial charge in [-0.15, -0.1) is 0 Å². The average Bonchev–Trinajstić information content (AvgIpc) is 2.64. The summed E-state index contributed by atoms with van der Waals surface area (Å²) in [6.45, 7) is 3.88. The summed E-state index contributed by atoms with van der Waals surface area (Å²) in [5, 5.41) is 0.190. The summed E-state index contributed by atoms with van der Waals surface area (Å²) in [5.74, 6) is -3.63. The van der Waals surface area contributed by atoms with Crippen molar-refractivity contribution in [2.24, 2.45) is 0 Å². The van der Waals surface area contributed by atoms with Gasteiger partial charge in [-0.3, -0.25) is 0 Å². The molecule has 1 heterocycles. The molecule has 1 nitrogen and oxygen atoms in total. The molecule has 0 aliphatic rings. The van der Waals surface area contributed by atoms with Crippen LogP contribution in [-0.2, 0) is 12.8 Å². The van der Waals surface area contributed by atoms with Crippen LogP contribution in [0.2, 0.25) is 0 Å². The molecule has 1 aromatic heterocycles. The van der Waals surface area contributed by atoms with Crippen molar-refractivity contribution in [3.8, 4) is 0 Å². The molecule has 0 fully saturated rings. The second-order valence-electron chi connectivity index (χ2n) is 4.09. The number of rotatable bonds is 3. The molecule has 0 aliphatic carbocycles. The Balaban J connectivity index is 2.78. The lowest BCUT2D eigenvalue weighted by atomic mass is 10.1. The van der Waals surface area contributed by atoms with Crippen molar-refractivity contribution >= 4 is 10.9 Å². The maximum absolute atomic E-state index is 13.7. The molecule has 92 valence electrons. The van der Waals surface area contributed by atoms with Gasteiger partial charge < -0.3 is 4.98 Å². The van der Waals surface area contributed by atoms with E-state index in [1.807, 2.05) is 13.8 Å². The summed E-state index contributed by atoms with van der Waals surface area (Å²) in [4.78, 5) is 2.98. The molecule has 0 spiro atoms. The fourth-order valence-electron chi connectivity index (χ4n) is 2.23. The van der Waals surface area contributed by atoms with Crippen LogP contribution in [0.25, 0.3) is 10.9 Å². The SMILES string of the molecule is CCCc1[nH]c2cc(F)c(F)c(F)c2c1CC. The first-order valence-corrected chi connectivity index (χ1v) is 5.77. The predicted octanol–water partition coefficient (Wildman–Crippen LogP) is 4.10. The Hall–Kier alpha value is -1.45. The van der Waals surface area contributed by atoms with E-state index in [0.717, 1.165) is 30.2 Å². The lowest BCUT2D eigenvalue weighted by Crippen LogP contribution is -1.93. The first-order valence-electron chi connectivity index (χ1n) is 5.77. The molecule has 1 N–H and O–H groups in total. The van der Waals surface area contributed by atoms with E-state index in [2.05, 4.69) is 4.98 Å². The maximum Gasteiger partial charge on any atom is 0.195 e. The monoisotopic (exact) mass is 241 g/mol. The van der Waals surface area contributed by atoms with Gasteiger partial charge in [0.1, 0.15) is 0 Å². The fourth-order valence-corrected chi connectivity index (χ4v) is 2.23. The molecule has 0 aliphatic heterocycles. The molecule has 0 amide bonds. The van der Waals surface area contributed by atoms with Crippen molar-refractivity contribution in [3.05, 3.63) is 34.8 Å². The third kappa shape index (κ3) is 1.81. The number of aryl methyl sites for hydroxylation is 2. The standard InChI is InChI=1S/C13H14F3N/c1-3-5-9-7(4-2)11-10(17-9)6-8(14)12(15)13(11)16/h6,17H,3-5H2,1-2H3. The molecule has 0 bridgehead atoms. The number of aromatic amines is 1. The number of H-pyrrole nitrogens is 1. The van der Waals surface area contributed by atoms with E-state index >= 15 is 0 Å². The number of halogens is 3. The Morgan fingerprint density at radius 3 is 2.41 bits per heavy atom. The van der Waals surface area contributed by atoms with Crippen LogP contribution < -0.4 is 0 Å². The molecule has 0 radical (unpaired) electrons. The van der Waals surface area contributed by atoms with Crippen LogP contribution >= 0.6 is 0 Å². The molecule has 2 aromatic rings. The van der Waals surface area contributed by atoms with Gasteiger partial charge in [0.15, 0.2) is 17.5 Å². The Kier molecular flexibility index (Phi) is 3.13. The van der Waals surface area contributed by atoms with E-state index in [4.69, 9.17) is 0 Å². The largest absolute Gasteiger partial charge is 0.358 e. The zero-order chi connectivity index (χ0) is 12.6. The molecule has 0 atom stereocenters. The van der Waals surface area contributed by atoms with E-state index in [9.17, 15) is 13.2 Å². The Bertz CT molecular complexity index is 558. The minimum absolute atomic E-state index is 0.190. The number of fused-ring (bicyclic) bond motifs is 1. The van der Waals surface area contributed by atoms with Crippen molar-refractivity contribution in [2.75, 3.05) is 0 Å². The van der Waals surface area contributed by atoms with Gasteiger partial charge in [0.25, 0.3) is 0 Å². The van der Waals surface area contributed by atoms with Gasteiger partial charge in [0.05, 0.1) is 5.52 Å². The van der Waals surface area contributed by atoms with Crippen LogP contribution in [-0.4, -0.2) is 4.98 Å². The number of nitrogens with one attached hydrogen (secondary N) is 1. The number of aromatic nitrogens is 1. The first kappa shape index (κ1) is 12.0. The zero-order valence-corrected chi connectivity index (χ0v) is 9.83. The van der Waals surface area contributed by atoms with Crippen LogP contribution in [0.1, 0.15) is 31.5 Å². The topological polar surface area (TPSA) is 15.8 Å². The Morgan fingerprint density at radius 1 is 1.12 bits per heavy atom. The van der Waals surface area contributed by atoms with Crippen molar-refractivity contribution in [2.45, 2.75) is 33.1 Å². The number of hydrogen-bond acceptors (Lipinski definition) is 0. The first-order chi connectivity index (χ1) is 8.10. The number of hydrogen-bond donors (Lipinski definition) is 1. The highest BCUT2D eigenvalue weighted by Gasteiger charge is 2.19. The summed E-state index contributed by atoms with van der Waals surface area (Å²) in [5.41, 5.74) is 1.95. The predicted molar refractivity (Wildman–Crippen MR) is 61.5 cm³/mol. The molecule has 0 saturated carbocycles. The number of benzene rings is 1. The second kappa shape index (κ2) is 4.43. The zero-order valence-electron chi connectivity index (χ0n) is 9.83. The van der Waals surface area contributed by atoms with Gasteiger partial charge in [0, 0.05) is 17.1 Å². The van der Waals surface area contributed by atoms with E-state index in [-0.39, 0.29) is 5.39 Å². The van der Waals surface area contributed by atoms with Crippen LogP contribution in [0.15, 0.2) is 6.07 Å². The molecule has 0 unspecified atom stereocenters. The van der Waals surface area contributed by atoms with Crippen LogP contribution in [0.4, 0.5) is 13.2 Å². The minimum Gasteiger partial charge on any atom is -0.358 e. The van der Waals surface area contributed by atoms with Gasteiger partial charge in [-0.1, -0.05) is 20.3 Å². The van der Waals surface area contributed by atoms with Gasteiger partial charge in [-0.2, -0.15) is 0 Å². The third-order valence-electron chi connectivity index (χ3n) is 2.97. The summed E-state index contributed by atoms with van der Waals surface area (Å²) < 4.78 is 40.0. The summed E-state index contributed by atoms with van der Waals surface area (Å²) in [7, 11) is 0. The molecular weight excluding hydrogens is 227 g/mol. The molecule has 1 aromatic carbocycles. The van der Waals surface area contributed by atoms with Crippen LogP contribution in [0.3, 0.4) is 0 Å². The van der Waals surface area contributed by atoms with Crippen LogP contribution in [0, 0.1) is 17.5 Å². The van der Waals surface area contributed by atoms with Crippen LogP contribution in [0.5, 0.6) is 0 Å². The van der Waals surface area contributed by atoms with Gasteiger partial charge in [-0.25, -0.2) is 13.2 Å². The molecule has 17 heavy (non-hydrogen) atoms. The lowest BCUT2D eigenvalue weighted by molar-refractivity contribution is 0.453. The van der Waals surface area contributed by atoms with Crippen molar-refractivity contribution in [1.29, 1.82) is 0 Å². The summed E-state index contributed by atoms with van der Waals surface area (Å²) >= 11 is 0. The van der Waals surface area contributed by atoms with Gasteiger partial charge in [0.2, 0.25) is 0 Å². The summed E-state index contributed by atoms with van der Waals surface area (Å²) in [6, 6.07) is 1.02. The quantitative estimate of drug-likeness (QED) is 0.779. The van der Waals surface area contributed by atoms with Crippen molar-refractivity contribution in [3.63, 3.8) is 0 Å². The molecule has 0 saturated heterocycles. The highest BCUT2D eigenvalue weighted by Crippen LogP contribution is 2.29. The maximum atomic E-state index is 13.7. The normalized spacial score (nSPS) is 11.4. The van der Waals surface area contributed by atoms with Gasteiger partial charge >= 0.3 is 0 Å². The Labute approximate surface area is 97.6 Å². The van der Waals surface area contributed by atoms with E-state index in [1.54, 1.807) is 0 Å². The molecule has 2 rings (SSSR count). The fraction of sp³-hybridized carbons (Fsp3) is 0.385. The van der Waals surface area contributed by atoms with Crippen molar-refractivity contribution in [1.82, 2.24) is 4.98 Å². The van der Waals surface area contributed by atoms with E-state index < -0.39 is 17.5 Å². The third-order valence-corrected chi connectivity index (χ3v) is 2.97. The second-order valence-corrected chi connectivity index (χ2v) is 4.09. The highest BCUT2D eigenvalue weighted by molar-refractivity contribution is 5.85.